The van der Waals surface area contributed by atoms with Crippen LogP contribution in [-0.2, 0) is 22.6 Å². The van der Waals surface area contributed by atoms with Gasteiger partial charge in [0.15, 0.2) is 0 Å². The molecule has 6 atom stereocenters. The number of hydrogen-bond donors (Lipinski definition) is 3. The van der Waals surface area contributed by atoms with Gasteiger partial charge in [0.2, 0.25) is 0 Å². The Kier molecular flexibility index (Phi) is 12.9. The molecule has 0 heterocycles. The van der Waals surface area contributed by atoms with Crippen molar-refractivity contribution in [2.75, 3.05) is 0 Å². The van der Waals surface area contributed by atoms with Crippen LogP contribution in [0.4, 0.5) is 0 Å². The monoisotopic (exact) mass is 534 g/mol. The fraction of sp³-hybridized carbons (Fsp3) is 0.500. The minimum atomic E-state index is -0.596. The Labute approximate surface area is 234 Å². The van der Waals surface area contributed by atoms with Crippen molar-refractivity contribution < 1.29 is 24.9 Å². The number of aliphatic hydroxyl groups is 3. The van der Waals surface area contributed by atoms with Crippen LogP contribution in [0.25, 0.3) is 0 Å². The van der Waals surface area contributed by atoms with E-state index >= 15 is 0 Å². The standard InChI is InChI=1S/C34H46O5/c1-25-12-11-16-27(22-25)18-19-29(35)20-21-31-30(32(36)23-33(31)37)17-10-5-3-4-7-13-26(2)34(38)39-24-28-14-8-6-9-15-28/h5-6,8-12,14-16,20-22,26,29-33,35-37H,3-4,7,13,17-19,23-24H2,1-2H3/b10-5-,21-20+/t26?,29-,30+,31+,32-,33+/m0/s1. The normalized spacial score (nSPS) is 22.9. The van der Waals surface area contributed by atoms with Gasteiger partial charge in [-0.3, -0.25) is 4.79 Å². The average Bonchev–Trinajstić information content (AvgIpc) is 3.20. The minimum absolute atomic E-state index is 0.0594. The summed E-state index contributed by atoms with van der Waals surface area (Å²) in [6.45, 7) is 4.30. The molecule has 3 N–H and O–H groups in total. The molecular weight excluding hydrogens is 488 g/mol. The summed E-state index contributed by atoms with van der Waals surface area (Å²) in [5.41, 5.74) is 3.42. The summed E-state index contributed by atoms with van der Waals surface area (Å²) < 4.78 is 5.43. The number of allylic oxidation sites excluding steroid dienone is 2. The third-order valence-electron chi connectivity index (χ3n) is 7.74. The average molecular weight is 535 g/mol. The Bertz CT molecular complexity index is 1050. The van der Waals surface area contributed by atoms with Crippen LogP contribution in [-0.4, -0.2) is 39.6 Å². The zero-order valence-corrected chi connectivity index (χ0v) is 23.5. The van der Waals surface area contributed by atoms with Crippen LogP contribution in [0.1, 0.15) is 68.6 Å². The number of unbranched alkanes of at least 4 members (excludes halogenated alkanes) is 2. The van der Waals surface area contributed by atoms with E-state index in [1.54, 1.807) is 6.08 Å². The summed E-state index contributed by atoms with van der Waals surface area (Å²) in [7, 11) is 0. The maximum atomic E-state index is 12.2. The molecule has 1 saturated carbocycles. The molecule has 0 radical (unpaired) electrons. The molecular formula is C34H46O5. The molecule has 5 nitrogen and oxygen atoms in total. The Hall–Kier alpha value is -2.73. The van der Waals surface area contributed by atoms with Crippen LogP contribution in [0.15, 0.2) is 78.9 Å². The van der Waals surface area contributed by atoms with Gasteiger partial charge in [-0.05, 0) is 62.5 Å². The van der Waals surface area contributed by atoms with Gasteiger partial charge in [0, 0.05) is 12.3 Å². The van der Waals surface area contributed by atoms with Gasteiger partial charge in [-0.2, -0.15) is 0 Å². The predicted octanol–water partition coefficient (Wildman–Crippen LogP) is 6.09. The SMILES string of the molecule is Cc1cccc(CC[C@H](O)/C=C/[C@@H]2[C@@H](C/C=C\CCCCC(C)C(=O)OCc3ccccc3)[C@@H](O)C[C@H]2O)c1. The number of carbonyl (C=O) groups excluding carboxylic acids is 1. The highest BCUT2D eigenvalue weighted by Crippen LogP contribution is 2.36. The van der Waals surface area contributed by atoms with Crippen molar-refractivity contribution in [2.24, 2.45) is 17.8 Å². The molecule has 1 fully saturated rings. The molecule has 2 aromatic rings. The summed E-state index contributed by atoms with van der Waals surface area (Å²) in [4.78, 5) is 12.2. The number of hydrogen-bond acceptors (Lipinski definition) is 5. The maximum Gasteiger partial charge on any atom is 0.308 e. The van der Waals surface area contributed by atoms with Crippen molar-refractivity contribution in [3.63, 3.8) is 0 Å². The Morgan fingerprint density at radius 1 is 1.00 bits per heavy atom. The molecule has 39 heavy (non-hydrogen) atoms. The number of aliphatic hydroxyl groups excluding tert-OH is 3. The third kappa shape index (κ3) is 10.7. The summed E-state index contributed by atoms with van der Waals surface area (Å²) in [5, 5.41) is 31.5. The fourth-order valence-electron chi connectivity index (χ4n) is 5.31. The van der Waals surface area contributed by atoms with Gasteiger partial charge in [-0.25, -0.2) is 0 Å². The molecule has 3 rings (SSSR count). The van der Waals surface area contributed by atoms with Crippen LogP contribution in [0.5, 0.6) is 0 Å². The molecule has 0 saturated heterocycles. The second kappa shape index (κ2) is 16.4. The molecule has 0 aliphatic heterocycles. The van der Waals surface area contributed by atoms with E-state index in [9.17, 15) is 20.1 Å². The Balaban J connectivity index is 1.34. The summed E-state index contributed by atoms with van der Waals surface area (Å²) in [6, 6.07) is 18.0. The van der Waals surface area contributed by atoms with Crippen molar-refractivity contribution in [3.8, 4) is 0 Å². The zero-order valence-electron chi connectivity index (χ0n) is 23.5. The first-order valence-electron chi connectivity index (χ1n) is 14.5. The van der Waals surface area contributed by atoms with Crippen molar-refractivity contribution in [1.29, 1.82) is 0 Å². The smallest absolute Gasteiger partial charge is 0.308 e. The number of aryl methyl sites for hydroxylation is 2. The first-order valence-corrected chi connectivity index (χ1v) is 14.5. The Morgan fingerprint density at radius 3 is 2.54 bits per heavy atom. The number of ether oxygens (including phenoxy) is 1. The molecule has 1 aliphatic rings. The van der Waals surface area contributed by atoms with Crippen molar-refractivity contribution in [3.05, 3.63) is 95.6 Å². The van der Waals surface area contributed by atoms with E-state index in [0.717, 1.165) is 37.7 Å². The molecule has 0 amide bonds. The number of rotatable bonds is 15. The van der Waals surface area contributed by atoms with Gasteiger partial charge in [-0.15, -0.1) is 0 Å². The molecule has 2 aromatic carbocycles. The highest BCUT2D eigenvalue weighted by Gasteiger charge is 2.39. The van der Waals surface area contributed by atoms with Gasteiger partial charge in [0.25, 0.3) is 0 Å². The van der Waals surface area contributed by atoms with Crippen LogP contribution < -0.4 is 0 Å². The van der Waals surface area contributed by atoms with Gasteiger partial charge in [-0.1, -0.05) is 97.8 Å². The van der Waals surface area contributed by atoms with E-state index in [1.807, 2.05) is 49.4 Å². The molecule has 212 valence electrons. The van der Waals surface area contributed by atoms with Crippen molar-refractivity contribution in [1.82, 2.24) is 0 Å². The van der Waals surface area contributed by atoms with Gasteiger partial charge >= 0.3 is 5.97 Å². The van der Waals surface area contributed by atoms with Gasteiger partial charge < -0.3 is 20.1 Å². The Morgan fingerprint density at radius 2 is 1.77 bits per heavy atom. The molecule has 0 spiro atoms. The van der Waals surface area contributed by atoms with Crippen LogP contribution in [0.2, 0.25) is 0 Å². The van der Waals surface area contributed by atoms with E-state index in [2.05, 4.69) is 37.3 Å². The lowest BCUT2D eigenvalue weighted by Gasteiger charge is -2.19. The van der Waals surface area contributed by atoms with Crippen LogP contribution in [0.3, 0.4) is 0 Å². The molecule has 5 heteroatoms. The molecule has 0 aromatic heterocycles. The van der Waals surface area contributed by atoms with Gasteiger partial charge in [0.1, 0.15) is 6.61 Å². The summed E-state index contributed by atoms with van der Waals surface area (Å²) in [5.74, 6) is -0.494. The van der Waals surface area contributed by atoms with E-state index in [-0.39, 0.29) is 23.7 Å². The largest absolute Gasteiger partial charge is 0.461 e. The van der Waals surface area contributed by atoms with Crippen LogP contribution in [0, 0.1) is 24.7 Å². The lowest BCUT2D eigenvalue weighted by atomic mass is 9.89. The van der Waals surface area contributed by atoms with E-state index < -0.39 is 18.3 Å². The summed E-state index contributed by atoms with van der Waals surface area (Å²) in [6.07, 6.45) is 12.3. The predicted molar refractivity (Wildman–Crippen MR) is 156 cm³/mol. The first kappa shape index (κ1) is 30.8. The number of benzene rings is 2. The minimum Gasteiger partial charge on any atom is -0.461 e. The molecule has 1 aliphatic carbocycles. The van der Waals surface area contributed by atoms with Crippen molar-refractivity contribution in [2.45, 2.75) is 90.1 Å². The number of carbonyl (C=O) groups is 1. The second-order valence-corrected chi connectivity index (χ2v) is 11.1. The van der Waals surface area contributed by atoms with Crippen LogP contribution >= 0.6 is 0 Å². The summed E-state index contributed by atoms with van der Waals surface area (Å²) >= 11 is 0. The van der Waals surface area contributed by atoms with Crippen molar-refractivity contribution >= 4 is 5.97 Å². The molecule has 0 bridgehead atoms. The maximum absolute atomic E-state index is 12.2. The third-order valence-corrected chi connectivity index (χ3v) is 7.74. The zero-order chi connectivity index (χ0) is 28.0. The van der Waals surface area contributed by atoms with E-state index in [0.29, 0.717) is 25.9 Å². The highest BCUT2D eigenvalue weighted by atomic mass is 16.5. The van der Waals surface area contributed by atoms with Gasteiger partial charge in [0.05, 0.1) is 24.2 Å². The second-order valence-electron chi connectivity index (χ2n) is 11.1. The fourth-order valence-corrected chi connectivity index (χ4v) is 5.31. The number of esters is 1. The quantitative estimate of drug-likeness (QED) is 0.146. The first-order chi connectivity index (χ1) is 18.8. The molecule has 1 unspecified atom stereocenters. The highest BCUT2D eigenvalue weighted by molar-refractivity contribution is 5.71. The van der Waals surface area contributed by atoms with E-state index in [1.165, 1.54) is 11.1 Å². The lowest BCUT2D eigenvalue weighted by Crippen LogP contribution is -2.20. The van der Waals surface area contributed by atoms with E-state index in [4.69, 9.17) is 4.74 Å². The topological polar surface area (TPSA) is 87.0 Å². The lowest BCUT2D eigenvalue weighted by molar-refractivity contribution is -0.149.